The van der Waals surface area contributed by atoms with Crippen molar-refractivity contribution in [2.24, 2.45) is 0 Å². The second-order valence-electron chi connectivity index (χ2n) is 7.25. The maximum absolute atomic E-state index is 14.2. The molecule has 0 saturated heterocycles. The third-order valence-electron chi connectivity index (χ3n) is 5.86. The molecule has 0 aliphatic heterocycles. The molecule has 0 unspecified atom stereocenters. The Morgan fingerprint density at radius 1 is 1.14 bits per heavy atom. The molecule has 3 aromatic rings. The van der Waals surface area contributed by atoms with E-state index in [1.54, 1.807) is 6.07 Å². The topological polar surface area (TPSA) is 84.9 Å². The summed E-state index contributed by atoms with van der Waals surface area (Å²) in [5, 5.41) is 25.4. The highest BCUT2D eigenvalue weighted by Crippen LogP contribution is 2.60. The molecule has 1 saturated carbocycles. The standard InChI is InChI=1S/C20H16F2N4O2/c1-10-11-5-6-20(10,8-16-24-25-17(9-27)28-16)19-12(11)7-15(23-26-19)18-13(21)3-2-4-14(18)22/h2-4,7,11,27H,1,5-6,8-9H2/t11-,20-/m0/s1. The molecule has 1 aromatic carbocycles. The van der Waals surface area contributed by atoms with Crippen LogP contribution in [0.5, 0.6) is 0 Å². The third-order valence-corrected chi connectivity index (χ3v) is 5.86. The fourth-order valence-electron chi connectivity index (χ4n) is 4.55. The Bertz CT molecular complexity index is 1090. The van der Waals surface area contributed by atoms with Crippen molar-refractivity contribution in [1.82, 2.24) is 20.4 Å². The quantitative estimate of drug-likeness (QED) is 0.698. The first-order chi connectivity index (χ1) is 13.5. The van der Waals surface area contributed by atoms with Crippen LogP contribution in [0.2, 0.25) is 0 Å². The van der Waals surface area contributed by atoms with Crippen LogP contribution in [0.15, 0.2) is 40.8 Å². The van der Waals surface area contributed by atoms with Crippen LogP contribution in [-0.4, -0.2) is 25.5 Å². The zero-order valence-electron chi connectivity index (χ0n) is 14.8. The number of aliphatic hydroxyl groups excluding tert-OH is 1. The van der Waals surface area contributed by atoms with Gasteiger partial charge in [0.25, 0.3) is 0 Å². The summed E-state index contributed by atoms with van der Waals surface area (Å²) in [6, 6.07) is 5.44. The van der Waals surface area contributed by atoms with Gasteiger partial charge in [-0.2, -0.15) is 5.10 Å². The average molecular weight is 382 g/mol. The van der Waals surface area contributed by atoms with E-state index in [9.17, 15) is 8.78 Å². The lowest BCUT2D eigenvalue weighted by atomic mass is 9.78. The van der Waals surface area contributed by atoms with Crippen molar-refractivity contribution in [3.05, 3.63) is 71.1 Å². The minimum atomic E-state index is -0.673. The van der Waals surface area contributed by atoms with Gasteiger partial charge in [0.1, 0.15) is 18.2 Å². The molecule has 0 radical (unpaired) electrons. The van der Waals surface area contributed by atoms with Gasteiger partial charge in [-0.05, 0) is 36.6 Å². The van der Waals surface area contributed by atoms with Crippen LogP contribution in [0.1, 0.15) is 41.8 Å². The zero-order valence-corrected chi connectivity index (χ0v) is 14.8. The SMILES string of the molecule is C=C1[C@@H]2CC[C@@]1(Cc1nnc(CO)o1)c1nnc(-c3c(F)cccc3F)cc12. The molecule has 2 bridgehead atoms. The zero-order chi connectivity index (χ0) is 19.5. The fourth-order valence-corrected chi connectivity index (χ4v) is 4.55. The molecule has 1 fully saturated rings. The van der Waals surface area contributed by atoms with Gasteiger partial charge >= 0.3 is 0 Å². The maximum Gasteiger partial charge on any atom is 0.241 e. The first-order valence-electron chi connectivity index (χ1n) is 8.97. The van der Waals surface area contributed by atoms with Crippen molar-refractivity contribution in [2.45, 2.75) is 37.2 Å². The number of nitrogens with zero attached hydrogens (tertiary/aromatic N) is 4. The van der Waals surface area contributed by atoms with Gasteiger partial charge < -0.3 is 9.52 Å². The number of rotatable bonds is 4. The van der Waals surface area contributed by atoms with Crippen molar-refractivity contribution in [3.8, 4) is 11.3 Å². The molecule has 2 atom stereocenters. The number of allylic oxidation sites excluding steroid dienone is 1. The largest absolute Gasteiger partial charge is 0.423 e. The minimum Gasteiger partial charge on any atom is -0.423 e. The smallest absolute Gasteiger partial charge is 0.241 e. The second kappa shape index (κ2) is 6.00. The summed E-state index contributed by atoms with van der Waals surface area (Å²) in [6.07, 6.45) is 2.07. The Labute approximate surface area is 158 Å². The summed E-state index contributed by atoms with van der Waals surface area (Å²) in [7, 11) is 0. The van der Waals surface area contributed by atoms with Gasteiger partial charge in [0, 0.05) is 17.8 Å². The molecule has 2 aliphatic rings. The van der Waals surface area contributed by atoms with Gasteiger partial charge in [-0.25, -0.2) is 8.78 Å². The Morgan fingerprint density at radius 2 is 1.89 bits per heavy atom. The summed E-state index contributed by atoms with van der Waals surface area (Å²) in [6.45, 7) is 3.95. The van der Waals surface area contributed by atoms with Crippen molar-refractivity contribution in [1.29, 1.82) is 0 Å². The van der Waals surface area contributed by atoms with Crippen molar-refractivity contribution in [3.63, 3.8) is 0 Å². The van der Waals surface area contributed by atoms with E-state index in [0.717, 1.165) is 29.7 Å². The molecule has 2 aliphatic carbocycles. The number of hydrogen-bond donors (Lipinski definition) is 1. The first-order valence-corrected chi connectivity index (χ1v) is 8.97. The monoisotopic (exact) mass is 382 g/mol. The molecule has 28 heavy (non-hydrogen) atoms. The van der Waals surface area contributed by atoms with Crippen LogP contribution in [0.4, 0.5) is 8.78 Å². The van der Waals surface area contributed by atoms with Crippen LogP contribution >= 0.6 is 0 Å². The third kappa shape index (κ3) is 2.27. The number of aliphatic hydroxyl groups is 1. The molecule has 8 heteroatoms. The lowest BCUT2D eigenvalue weighted by Gasteiger charge is -2.26. The van der Waals surface area contributed by atoms with E-state index in [-0.39, 0.29) is 29.7 Å². The van der Waals surface area contributed by atoms with Gasteiger partial charge in [-0.15, -0.1) is 15.3 Å². The molecule has 142 valence electrons. The molecule has 1 N–H and O–H groups in total. The Hall–Kier alpha value is -3.00. The van der Waals surface area contributed by atoms with Crippen LogP contribution in [0.25, 0.3) is 11.3 Å². The van der Waals surface area contributed by atoms with Gasteiger partial charge in [0.15, 0.2) is 0 Å². The molecule has 2 heterocycles. The highest BCUT2D eigenvalue weighted by atomic mass is 19.1. The van der Waals surface area contributed by atoms with E-state index in [1.807, 2.05) is 0 Å². The van der Waals surface area contributed by atoms with Crippen LogP contribution in [0, 0.1) is 11.6 Å². The van der Waals surface area contributed by atoms with E-state index in [4.69, 9.17) is 9.52 Å². The average Bonchev–Trinajstić information content (AvgIpc) is 3.33. The summed E-state index contributed by atoms with van der Waals surface area (Å²) in [5.41, 5.74) is 2.13. The lowest BCUT2D eigenvalue weighted by Crippen LogP contribution is -2.27. The Kier molecular flexibility index (Phi) is 3.67. The van der Waals surface area contributed by atoms with Gasteiger partial charge in [-0.3, -0.25) is 0 Å². The summed E-state index contributed by atoms with van der Waals surface area (Å²) in [5.74, 6) is -0.744. The number of fused-ring (bicyclic) bond motifs is 5. The molecule has 5 rings (SSSR count). The van der Waals surface area contributed by atoms with Gasteiger partial charge in [0.2, 0.25) is 11.8 Å². The van der Waals surface area contributed by atoms with Crippen LogP contribution in [-0.2, 0) is 18.4 Å². The van der Waals surface area contributed by atoms with E-state index in [2.05, 4.69) is 27.0 Å². The lowest BCUT2D eigenvalue weighted by molar-refractivity contribution is 0.234. The predicted molar refractivity (Wildman–Crippen MR) is 94.1 cm³/mol. The number of halogens is 2. The number of benzene rings is 1. The van der Waals surface area contributed by atoms with Crippen molar-refractivity contribution >= 4 is 0 Å². The van der Waals surface area contributed by atoms with Crippen LogP contribution < -0.4 is 0 Å². The first kappa shape index (κ1) is 17.1. The highest BCUT2D eigenvalue weighted by Gasteiger charge is 2.54. The molecular formula is C20H16F2N4O2. The highest BCUT2D eigenvalue weighted by molar-refractivity contribution is 5.65. The molecule has 0 spiro atoms. The van der Waals surface area contributed by atoms with Crippen molar-refractivity contribution in [2.75, 3.05) is 0 Å². The number of aromatic nitrogens is 4. The van der Waals surface area contributed by atoms with Crippen LogP contribution in [0.3, 0.4) is 0 Å². The van der Waals surface area contributed by atoms with Gasteiger partial charge in [-0.1, -0.05) is 18.2 Å². The Morgan fingerprint density at radius 3 is 2.61 bits per heavy atom. The van der Waals surface area contributed by atoms with E-state index in [0.29, 0.717) is 12.3 Å². The van der Waals surface area contributed by atoms with Crippen molar-refractivity contribution < 1.29 is 18.3 Å². The predicted octanol–water partition coefficient (Wildman–Crippen LogP) is 3.22. The Balaban J connectivity index is 1.59. The van der Waals surface area contributed by atoms with Gasteiger partial charge in [0.05, 0.1) is 17.0 Å². The summed E-state index contributed by atoms with van der Waals surface area (Å²) >= 11 is 0. The molecule has 6 nitrogen and oxygen atoms in total. The molecular weight excluding hydrogens is 366 g/mol. The molecule has 0 amide bonds. The maximum atomic E-state index is 14.2. The summed E-state index contributed by atoms with van der Waals surface area (Å²) in [4.78, 5) is 0. The van der Waals surface area contributed by atoms with E-state index >= 15 is 0 Å². The minimum absolute atomic E-state index is 0.0549. The molecule has 2 aromatic heterocycles. The normalized spacial score (nSPS) is 22.7. The van der Waals surface area contributed by atoms with E-state index in [1.165, 1.54) is 18.2 Å². The van der Waals surface area contributed by atoms with E-state index < -0.39 is 17.0 Å². The fraction of sp³-hybridized carbons (Fsp3) is 0.300. The summed E-state index contributed by atoms with van der Waals surface area (Å²) < 4.78 is 33.8. The second-order valence-corrected chi connectivity index (χ2v) is 7.25. The number of hydrogen-bond acceptors (Lipinski definition) is 6.